The fraction of sp³-hybridized carbons (Fsp3) is 0.304. The molecule has 0 saturated carbocycles. The second-order valence-corrected chi connectivity index (χ2v) is 6.81. The third-order valence-electron chi connectivity index (χ3n) is 4.95. The fourth-order valence-electron chi connectivity index (χ4n) is 3.48. The van der Waals surface area contributed by atoms with Crippen LogP contribution in [0.25, 0.3) is 10.8 Å². The van der Waals surface area contributed by atoms with E-state index in [1.165, 1.54) is 0 Å². The number of fused-ring (bicyclic) bond motifs is 1. The second-order valence-electron chi connectivity index (χ2n) is 6.81. The molecule has 0 aliphatic rings. The predicted octanol–water partition coefficient (Wildman–Crippen LogP) is 4.33. The van der Waals surface area contributed by atoms with Gasteiger partial charge in [0.2, 0.25) is 5.78 Å². The van der Waals surface area contributed by atoms with Crippen LogP contribution in [0.5, 0.6) is 0 Å². The van der Waals surface area contributed by atoms with E-state index in [1.807, 2.05) is 56.3 Å². The minimum Gasteiger partial charge on any atom is -0.454 e. The molecule has 0 atom stereocenters. The minimum absolute atomic E-state index is 0.195. The highest BCUT2D eigenvalue weighted by atomic mass is 16.5. The van der Waals surface area contributed by atoms with Crippen LogP contribution in [0.4, 0.5) is 0 Å². The van der Waals surface area contributed by atoms with Crippen LogP contribution in [0.15, 0.2) is 48.5 Å². The van der Waals surface area contributed by atoms with E-state index in [1.54, 1.807) is 13.2 Å². The summed E-state index contributed by atoms with van der Waals surface area (Å²) in [7, 11) is 1.68. The maximum atomic E-state index is 12.6. The molecule has 0 spiro atoms. The summed E-state index contributed by atoms with van der Waals surface area (Å²) < 4.78 is 12.5. The molecule has 0 bridgehead atoms. The Labute approximate surface area is 164 Å². The molecule has 0 unspecified atom stereocenters. The van der Waals surface area contributed by atoms with Crippen molar-refractivity contribution in [3.05, 3.63) is 71.0 Å². The van der Waals surface area contributed by atoms with Gasteiger partial charge in [-0.2, -0.15) is 0 Å². The van der Waals surface area contributed by atoms with Gasteiger partial charge in [0.05, 0.1) is 5.56 Å². The number of nitrogens with zero attached hydrogens (tertiary/aromatic N) is 1. The van der Waals surface area contributed by atoms with Gasteiger partial charge in [0, 0.05) is 37.2 Å². The van der Waals surface area contributed by atoms with Crippen molar-refractivity contribution >= 4 is 22.5 Å². The van der Waals surface area contributed by atoms with Crippen LogP contribution in [-0.4, -0.2) is 36.6 Å². The number of hydrogen-bond acceptors (Lipinski definition) is 4. The van der Waals surface area contributed by atoms with Gasteiger partial charge >= 0.3 is 5.97 Å². The van der Waals surface area contributed by atoms with Crippen molar-refractivity contribution in [1.29, 1.82) is 0 Å². The number of rotatable bonds is 8. The first-order valence-corrected chi connectivity index (χ1v) is 9.36. The van der Waals surface area contributed by atoms with Crippen LogP contribution in [0, 0.1) is 13.8 Å². The highest BCUT2D eigenvalue weighted by Crippen LogP contribution is 2.20. The highest BCUT2D eigenvalue weighted by Gasteiger charge is 2.18. The first kappa shape index (κ1) is 19.8. The molecule has 5 nitrogen and oxygen atoms in total. The van der Waals surface area contributed by atoms with E-state index in [0.29, 0.717) is 17.7 Å². The van der Waals surface area contributed by atoms with Gasteiger partial charge < -0.3 is 14.0 Å². The number of carbonyl (C=O) groups is 2. The van der Waals surface area contributed by atoms with Crippen LogP contribution in [-0.2, 0) is 16.0 Å². The van der Waals surface area contributed by atoms with Crippen LogP contribution in [0.1, 0.15) is 38.5 Å². The van der Waals surface area contributed by atoms with Gasteiger partial charge in [-0.15, -0.1) is 0 Å². The Kier molecular flexibility index (Phi) is 6.26. The number of aryl methyl sites for hydroxylation is 1. The molecule has 146 valence electrons. The summed E-state index contributed by atoms with van der Waals surface area (Å²) in [6.07, 6.45) is 0.872. The molecule has 0 fully saturated rings. The lowest BCUT2D eigenvalue weighted by Gasteiger charge is -2.10. The summed E-state index contributed by atoms with van der Waals surface area (Å²) in [6, 6.07) is 14.9. The molecule has 3 rings (SSSR count). The SMILES string of the molecule is COCCCn1c(C)cc(C(=O)COC(=O)c2cccc3ccccc23)c1C. The zero-order valence-electron chi connectivity index (χ0n) is 16.5. The number of methoxy groups -OCH3 is 1. The molecule has 0 amide bonds. The van der Waals surface area contributed by atoms with Gasteiger partial charge in [0.15, 0.2) is 6.61 Å². The van der Waals surface area contributed by atoms with Gasteiger partial charge in [-0.25, -0.2) is 4.79 Å². The summed E-state index contributed by atoms with van der Waals surface area (Å²) in [5.41, 5.74) is 2.97. The number of ether oxygens (including phenoxy) is 2. The third kappa shape index (κ3) is 4.15. The van der Waals surface area contributed by atoms with Crippen molar-refractivity contribution in [2.24, 2.45) is 0 Å². The number of esters is 1. The number of aromatic nitrogens is 1. The smallest absolute Gasteiger partial charge is 0.339 e. The Bertz CT molecular complexity index is 998. The molecule has 0 N–H and O–H groups in total. The first-order chi connectivity index (χ1) is 13.5. The summed E-state index contributed by atoms with van der Waals surface area (Å²) in [4.78, 5) is 25.2. The largest absolute Gasteiger partial charge is 0.454 e. The molecular formula is C23H25NO4. The lowest BCUT2D eigenvalue weighted by atomic mass is 10.0. The van der Waals surface area contributed by atoms with Crippen molar-refractivity contribution < 1.29 is 19.1 Å². The number of hydrogen-bond donors (Lipinski definition) is 0. The van der Waals surface area contributed by atoms with E-state index in [0.717, 1.165) is 35.1 Å². The first-order valence-electron chi connectivity index (χ1n) is 9.36. The van der Waals surface area contributed by atoms with Crippen molar-refractivity contribution in [3.8, 4) is 0 Å². The number of ketones is 1. The zero-order valence-corrected chi connectivity index (χ0v) is 16.5. The van der Waals surface area contributed by atoms with Crippen LogP contribution >= 0.6 is 0 Å². The molecule has 2 aromatic carbocycles. The second kappa shape index (κ2) is 8.85. The quantitative estimate of drug-likeness (QED) is 0.332. The van der Waals surface area contributed by atoms with Crippen LogP contribution in [0.3, 0.4) is 0 Å². The normalized spacial score (nSPS) is 11.0. The third-order valence-corrected chi connectivity index (χ3v) is 4.95. The summed E-state index contributed by atoms with van der Waals surface area (Å²) in [5, 5.41) is 1.78. The molecule has 1 heterocycles. The Morgan fingerprint density at radius 3 is 2.54 bits per heavy atom. The molecule has 0 aliphatic heterocycles. The monoisotopic (exact) mass is 379 g/mol. The standard InChI is InChI=1S/C23H25NO4/c1-16-14-21(17(2)24(16)12-7-13-27-3)22(25)15-28-23(26)20-11-6-9-18-8-4-5-10-19(18)20/h4-6,8-11,14H,7,12-13,15H2,1-3H3. The molecule has 0 radical (unpaired) electrons. The van der Waals surface area contributed by atoms with Gasteiger partial charge in [-0.3, -0.25) is 4.79 Å². The average molecular weight is 379 g/mol. The van der Waals surface area contributed by atoms with Gasteiger partial charge in [-0.1, -0.05) is 36.4 Å². The summed E-state index contributed by atoms with van der Waals surface area (Å²) in [5.74, 6) is -0.682. The maximum Gasteiger partial charge on any atom is 0.339 e. The minimum atomic E-state index is -0.487. The molecule has 28 heavy (non-hydrogen) atoms. The molecule has 3 aromatic rings. The molecule has 0 aliphatic carbocycles. The average Bonchev–Trinajstić information content (AvgIpc) is 2.99. The van der Waals surface area contributed by atoms with Gasteiger partial charge in [0.1, 0.15) is 0 Å². The van der Waals surface area contributed by atoms with Crippen LogP contribution < -0.4 is 0 Å². The molecule has 1 aromatic heterocycles. The lowest BCUT2D eigenvalue weighted by molar-refractivity contribution is 0.0476. The summed E-state index contributed by atoms with van der Waals surface area (Å²) in [6.45, 7) is 5.07. The van der Waals surface area contributed by atoms with E-state index < -0.39 is 5.97 Å². The Hall–Kier alpha value is -2.92. The zero-order chi connectivity index (χ0) is 20.1. The Morgan fingerprint density at radius 1 is 1.00 bits per heavy atom. The van der Waals surface area contributed by atoms with Gasteiger partial charge in [-0.05, 0) is 43.2 Å². The van der Waals surface area contributed by atoms with E-state index in [-0.39, 0.29) is 12.4 Å². The van der Waals surface area contributed by atoms with Crippen molar-refractivity contribution in [3.63, 3.8) is 0 Å². The fourth-order valence-corrected chi connectivity index (χ4v) is 3.48. The van der Waals surface area contributed by atoms with Crippen molar-refractivity contribution in [2.45, 2.75) is 26.8 Å². The maximum absolute atomic E-state index is 12.6. The number of carbonyl (C=O) groups excluding carboxylic acids is 2. The molecule has 5 heteroatoms. The van der Waals surface area contributed by atoms with Gasteiger partial charge in [0.25, 0.3) is 0 Å². The number of benzene rings is 2. The topological polar surface area (TPSA) is 57.5 Å². The van der Waals surface area contributed by atoms with Crippen molar-refractivity contribution in [1.82, 2.24) is 4.57 Å². The molecular weight excluding hydrogens is 354 g/mol. The lowest BCUT2D eigenvalue weighted by Crippen LogP contribution is -2.15. The van der Waals surface area contributed by atoms with E-state index in [2.05, 4.69) is 4.57 Å². The van der Waals surface area contributed by atoms with Crippen LogP contribution in [0.2, 0.25) is 0 Å². The van der Waals surface area contributed by atoms with E-state index >= 15 is 0 Å². The van der Waals surface area contributed by atoms with E-state index in [4.69, 9.17) is 9.47 Å². The molecule has 0 saturated heterocycles. The Balaban J connectivity index is 1.70. The summed E-state index contributed by atoms with van der Waals surface area (Å²) >= 11 is 0. The number of Topliss-reactive ketones (excluding diaryl/α,β-unsaturated/α-hetero) is 1. The Morgan fingerprint density at radius 2 is 1.75 bits per heavy atom. The highest BCUT2D eigenvalue weighted by molar-refractivity contribution is 6.06. The predicted molar refractivity (Wildman–Crippen MR) is 109 cm³/mol. The van der Waals surface area contributed by atoms with E-state index in [9.17, 15) is 9.59 Å². The van der Waals surface area contributed by atoms with Crippen molar-refractivity contribution in [2.75, 3.05) is 20.3 Å².